The zero-order valence-corrected chi connectivity index (χ0v) is 14.5. The molecule has 2 aromatic rings. The van der Waals surface area contributed by atoms with Gasteiger partial charge in [0.1, 0.15) is 0 Å². The number of piperidine rings is 1. The molecule has 1 amide bonds. The van der Waals surface area contributed by atoms with Crippen LogP contribution in [-0.2, 0) is 11.3 Å². The molecule has 0 unspecified atom stereocenters. The van der Waals surface area contributed by atoms with E-state index in [1.807, 2.05) is 35.7 Å². The second kappa shape index (κ2) is 7.68. The monoisotopic (exact) mass is 343 g/mol. The molecule has 1 aromatic heterocycles. The van der Waals surface area contributed by atoms with E-state index in [1.54, 1.807) is 0 Å². The van der Waals surface area contributed by atoms with Crippen molar-refractivity contribution >= 4 is 28.2 Å². The van der Waals surface area contributed by atoms with Gasteiger partial charge in [-0.15, -0.1) is 11.3 Å². The first-order chi connectivity index (χ1) is 11.6. The maximum atomic E-state index is 12.5. The molecule has 0 aliphatic carbocycles. The summed E-state index contributed by atoms with van der Waals surface area (Å²) in [6.45, 7) is 4.05. The fourth-order valence-corrected chi connectivity index (χ4v) is 3.76. The lowest BCUT2D eigenvalue weighted by Gasteiger charge is -2.30. The Kier molecular flexibility index (Phi) is 5.37. The molecule has 1 saturated heterocycles. The van der Waals surface area contributed by atoms with E-state index in [4.69, 9.17) is 0 Å². The molecule has 1 N–H and O–H groups in total. The highest BCUT2D eigenvalue weighted by Crippen LogP contribution is 2.24. The van der Waals surface area contributed by atoms with Gasteiger partial charge in [-0.3, -0.25) is 14.5 Å². The minimum absolute atomic E-state index is 0.101. The van der Waals surface area contributed by atoms with Crippen LogP contribution in [0.3, 0.4) is 0 Å². The number of amides is 1. The number of nitrogens with zero attached hydrogens (tertiary/aromatic N) is 2. The smallest absolute Gasteiger partial charge is 0.223 e. The molecule has 1 aromatic carbocycles. The van der Waals surface area contributed by atoms with E-state index >= 15 is 0 Å². The Bertz CT molecular complexity index is 706. The van der Waals surface area contributed by atoms with Crippen molar-refractivity contribution in [3.63, 3.8) is 0 Å². The average Bonchev–Trinajstić information content (AvgIpc) is 3.02. The highest BCUT2D eigenvalue weighted by molar-refractivity contribution is 7.13. The molecule has 0 bridgehead atoms. The van der Waals surface area contributed by atoms with Crippen molar-refractivity contribution in [3.8, 4) is 0 Å². The van der Waals surface area contributed by atoms with Crippen molar-refractivity contribution in [2.24, 2.45) is 5.92 Å². The van der Waals surface area contributed by atoms with Gasteiger partial charge in [0.25, 0.3) is 0 Å². The van der Waals surface area contributed by atoms with Gasteiger partial charge in [0.2, 0.25) is 5.91 Å². The molecule has 24 heavy (non-hydrogen) atoms. The van der Waals surface area contributed by atoms with Gasteiger partial charge in [-0.1, -0.05) is 30.3 Å². The van der Waals surface area contributed by atoms with Gasteiger partial charge < -0.3 is 5.32 Å². The van der Waals surface area contributed by atoms with Crippen molar-refractivity contribution in [2.75, 3.05) is 18.4 Å². The minimum Gasteiger partial charge on any atom is -0.302 e. The zero-order chi connectivity index (χ0) is 16.9. The zero-order valence-electron chi connectivity index (χ0n) is 13.7. The molecule has 126 valence electrons. The summed E-state index contributed by atoms with van der Waals surface area (Å²) in [5.41, 5.74) is 1.78. The number of anilines is 1. The molecule has 0 spiro atoms. The summed E-state index contributed by atoms with van der Waals surface area (Å²) in [6, 6.07) is 9.55. The van der Waals surface area contributed by atoms with Gasteiger partial charge in [-0.05, 0) is 25.9 Å². The maximum absolute atomic E-state index is 12.5. The van der Waals surface area contributed by atoms with Gasteiger partial charge >= 0.3 is 0 Å². The number of carbonyl (C=O) groups is 2. The first kappa shape index (κ1) is 16.8. The number of Topliss-reactive ketones (excluding diaryl/α,β-unsaturated/α-hetero) is 1. The fourth-order valence-electron chi connectivity index (χ4n) is 3.01. The van der Waals surface area contributed by atoms with E-state index in [0.717, 1.165) is 43.7 Å². The summed E-state index contributed by atoms with van der Waals surface area (Å²) in [5.74, 6) is 0.280. The first-order valence-electron chi connectivity index (χ1n) is 8.15. The van der Waals surface area contributed by atoms with Crippen LogP contribution in [0.2, 0.25) is 0 Å². The van der Waals surface area contributed by atoms with Crippen LogP contribution in [0.5, 0.6) is 0 Å². The lowest BCUT2D eigenvalue weighted by molar-refractivity contribution is -0.114. The number of likely N-dealkylation sites (tertiary alicyclic amines) is 1. The Labute approximate surface area is 145 Å². The van der Waals surface area contributed by atoms with Crippen LogP contribution >= 0.6 is 11.3 Å². The first-order valence-corrected chi connectivity index (χ1v) is 9.03. The number of rotatable bonds is 5. The van der Waals surface area contributed by atoms with E-state index in [9.17, 15) is 9.59 Å². The van der Waals surface area contributed by atoms with Crippen LogP contribution in [0.4, 0.5) is 5.13 Å². The van der Waals surface area contributed by atoms with Crippen molar-refractivity contribution in [2.45, 2.75) is 26.3 Å². The number of aromatic nitrogens is 1. The molecule has 1 aliphatic heterocycles. The van der Waals surface area contributed by atoms with Crippen LogP contribution in [-0.4, -0.2) is 34.7 Å². The fraction of sp³-hybridized carbons (Fsp3) is 0.389. The minimum atomic E-state index is -0.101. The highest BCUT2D eigenvalue weighted by atomic mass is 32.1. The Morgan fingerprint density at radius 3 is 2.62 bits per heavy atom. The van der Waals surface area contributed by atoms with Gasteiger partial charge in [0.15, 0.2) is 10.9 Å². The van der Waals surface area contributed by atoms with Gasteiger partial charge in [0.05, 0.1) is 5.69 Å². The molecule has 6 heteroatoms. The van der Waals surface area contributed by atoms with Crippen molar-refractivity contribution in [1.82, 2.24) is 9.88 Å². The molecule has 0 radical (unpaired) electrons. The third-order valence-electron chi connectivity index (χ3n) is 4.24. The largest absolute Gasteiger partial charge is 0.302 e. The topological polar surface area (TPSA) is 62.3 Å². The Morgan fingerprint density at radius 2 is 1.96 bits per heavy atom. The quantitative estimate of drug-likeness (QED) is 0.847. The predicted octanol–water partition coefficient (Wildman–Crippen LogP) is 3.20. The van der Waals surface area contributed by atoms with Crippen LogP contribution in [0, 0.1) is 5.92 Å². The summed E-state index contributed by atoms with van der Waals surface area (Å²) in [7, 11) is 0. The highest BCUT2D eigenvalue weighted by Gasteiger charge is 2.26. The number of carbonyl (C=O) groups excluding carboxylic acids is 2. The molecular weight excluding hydrogens is 322 g/mol. The second-order valence-corrected chi connectivity index (χ2v) is 6.96. The van der Waals surface area contributed by atoms with E-state index in [1.165, 1.54) is 18.3 Å². The lowest BCUT2D eigenvalue weighted by Crippen LogP contribution is -2.36. The molecule has 2 heterocycles. The lowest BCUT2D eigenvalue weighted by atomic mass is 9.89. The third-order valence-corrected chi connectivity index (χ3v) is 5.04. The van der Waals surface area contributed by atoms with Crippen LogP contribution in [0.25, 0.3) is 0 Å². The second-order valence-electron chi connectivity index (χ2n) is 6.11. The van der Waals surface area contributed by atoms with Crippen molar-refractivity contribution in [1.29, 1.82) is 0 Å². The number of ketones is 1. The van der Waals surface area contributed by atoms with Crippen molar-refractivity contribution < 1.29 is 9.59 Å². The summed E-state index contributed by atoms with van der Waals surface area (Å²) in [6.07, 6.45) is 1.77. The number of hydrogen-bond donors (Lipinski definition) is 1. The summed E-state index contributed by atoms with van der Waals surface area (Å²) in [4.78, 5) is 30.3. The van der Waals surface area contributed by atoms with Gasteiger partial charge in [-0.25, -0.2) is 4.98 Å². The molecule has 5 nitrogen and oxygen atoms in total. The summed E-state index contributed by atoms with van der Waals surface area (Å²) in [5, 5.41) is 5.33. The molecule has 0 saturated carbocycles. The molecule has 1 fully saturated rings. The third kappa shape index (κ3) is 4.27. The van der Waals surface area contributed by atoms with E-state index in [2.05, 4.69) is 15.2 Å². The Hall–Kier alpha value is -2.05. The van der Waals surface area contributed by atoms with Gasteiger partial charge in [-0.2, -0.15) is 0 Å². The van der Waals surface area contributed by atoms with Crippen LogP contribution in [0.15, 0.2) is 35.7 Å². The molecule has 3 rings (SSSR count). The standard InChI is InChI=1S/C18H21N3O2S/c1-13(22)19-18-20-16(12-24-18)11-21-9-7-15(8-10-21)17(23)14-5-3-2-4-6-14/h2-6,12,15H,7-11H2,1H3,(H,19,20,22). The number of hydrogen-bond acceptors (Lipinski definition) is 5. The maximum Gasteiger partial charge on any atom is 0.223 e. The normalized spacial score (nSPS) is 16.0. The predicted molar refractivity (Wildman–Crippen MR) is 95.2 cm³/mol. The van der Waals surface area contributed by atoms with Gasteiger partial charge in [0, 0.05) is 30.3 Å². The number of benzene rings is 1. The Balaban J connectivity index is 1.51. The van der Waals surface area contributed by atoms with E-state index in [0.29, 0.717) is 5.13 Å². The molecular formula is C18H21N3O2S. The Morgan fingerprint density at radius 1 is 1.25 bits per heavy atom. The summed E-state index contributed by atoms with van der Waals surface area (Å²) < 4.78 is 0. The summed E-state index contributed by atoms with van der Waals surface area (Å²) >= 11 is 1.45. The van der Waals surface area contributed by atoms with Crippen LogP contribution < -0.4 is 5.32 Å². The number of nitrogens with one attached hydrogen (secondary N) is 1. The molecule has 0 atom stereocenters. The average molecular weight is 343 g/mol. The van der Waals surface area contributed by atoms with E-state index < -0.39 is 0 Å². The number of thiazole rings is 1. The van der Waals surface area contributed by atoms with E-state index in [-0.39, 0.29) is 17.6 Å². The SMILES string of the molecule is CC(=O)Nc1nc(CN2CCC(C(=O)c3ccccc3)CC2)cs1. The molecule has 1 aliphatic rings. The van der Waals surface area contributed by atoms with Crippen LogP contribution in [0.1, 0.15) is 35.8 Å². The van der Waals surface area contributed by atoms with Crippen molar-refractivity contribution in [3.05, 3.63) is 47.0 Å².